The predicted octanol–water partition coefficient (Wildman–Crippen LogP) is 6.51. The number of fused-ring (bicyclic) bond motifs is 3. The van der Waals surface area contributed by atoms with Crippen LogP contribution < -0.4 is 4.74 Å². The van der Waals surface area contributed by atoms with Crippen molar-refractivity contribution in [3.05, 3.63) is 113 Å². The van der Waals surface area contributed by atoms with Crippen molar-refractivity contribution in [2.75, 3.05) is 19.7 Å². The van der Waals surface area contributed by atoms with E-state index in [4.69, 9.17) is 9.39 Å². The number of hydrogen-bond acceptors (Lipinski definition) is 7. The second-order valence-corrected chi connectivity index (χ2v) is 14.2. The summed E-state index contributed by atoms with van der Waals surface area (Å²) in [4.78, 5) is 32.7. The zero-order valence-corrected chi connectivity index (χ0v) is 28.8. The van der Waals surface area contributed by atoms with Gasteiger partial charge in [0.15, 0.2) is 0 Å². The van der Waals surface area contributed by atoms with Gasteiger partial charge in [-0.05, 0) is 97.3 Å². The van der Waals surface area contributed by atoms with Crippen LogP contribution in [0, 0.1) is 17.8 Å². The van der Waals surface area contributed by atoms with E-state index in [0.29, 0.717) is 19.4 Å². The number of allylic oxidation sites excluding steroid dienone is 1. The van der Waals surface area contributed by atoms with Crippen molar-refractivity contribution >= 4 is 25.0 Å². The second kappa shape index (κ2) is 15.4. The molecule has 9 heteroatoms. The van der Waals surface area contributed by atoms with E-state index in [1.54, 1.807) is 17.0 Å². The first-order valence-electron chi connectivity index (χ1n) is 18.2. The molecule has 2 N–H and O–H groups in total. The SMILES string of the molecule is CC/C(=C\c1cccc(O)c1)CC[C@H]1OB(O)C[C@H]2C1=C(COc1ccccc1)C[C@H]1C(=O)N(C3CCN(Cc4ccccc4)CC3)C(=O)[C@H]12. The molecule has 0 aromatic heterocycles. The van der Waals surface area contributed by atoms with Crippen molar-refractivity contribution < 1.29 is 29.1 Å². The molecule has 3 heterocycles. The topological polar surface area (TPSA) is 99.5 Å². The molecular formula is C41H47BN2O6. The lowest BCUT2D eigenvalue weighted by molar-refractivity contribution is -0.144. The smallest absolute Gasteiger partial charge is 0.455 e. The van der Waals surface area contributed by atoms with Gasteiger partial charge in [-0.3, -0.25) is 19.4 Å². The van der Waals surface area contributed by atoms with Crippen molar-refractivity contribution in [2.45, 2.75) is 70.5 Å². The van der Waals surface area contributed by atoms with E-state index >= 15 is 0 Å². The Labute approximate surface area is 295 Å². The number of benzene rings is 3. The van der Waals surface area contributed by atoms with Gasteiger partial charge in [0.1, 0.15) is 18.1 Å². The van der Waals surface area contributed by atoms with Gasteiger partial charge >= 0.3 is 7.12 Å². The molecule has 3 saturated heterocycles. The predicted molar refractivity (Wildman–Crippen MR) is 194 cm³/mol. The van der Waals surface area contributed by atoms with Crippen LogP contribution in [0.25, 0.3) is 6.08 Å². The van der Waals surface area contributed by atoms with E-state index in [9.17, 15) is 19.7 Å². The summed E-state index contributed by atoms with van der Waals surface area (Å²) in [6.07, 6.45) is 6.13. The number of phenolic OH excluding ortho intramolecular Hbond substituents is 1. The van der Waals surface area contributed by atoms with Gasteiger partial charge in [0.05, 0.1) is 17.9 Å². The van der Waals surface area contributed by atoms with E-state index in [1.165, 1.54) is 11.1 Å². The third kappa shape index (κ3) is 7.46. The number of phenols is 1. The molecule has 8 nitrogen and oxygen atoms in total. The quantitative estimate of drug-likeness (QED) is 0.136. The summed E-state index contributed by atoms with van der Waals surface area (Å²) in [6.45, 7) is 4.94. The molecular weight excluding hydrogens is 627 g/mol. The Balaban J connectivity index is 1.12. The first kappa shape index (κ1) is 34.3. The van der Waals surface area contributed by atoms with Crippen LogP contribution in [0.15, 0.2) is 102 Å². The molecule has 4 aliphatic rings. The molecule has 0 radical (unpaired) electrons. The lowest BCUT2D eigenvalue weighted by atomic mass is 9.58. The van der Waals surface area contributed by atoms with Gasteiger partial charge in [-0.2, -0.15) is 0 Å². The highest BCUT2D eigenvalue weighted by Gasteiger charge is 2.58. The number of likely N-dealkylation sites (tertiary alicyclic amines) is 2. The van der Waals surface area contributed by atoms with E-state index in [-0.39, 0.29) is 35.8 Å². The van der Waals surface area contributed by atoms with Gasteiger partial charge in [-0.25, -0.2) is 0 Å². The molecule has 3 aliphatic heterocycles. The van der Waals surface area contributed by atoms with Gasteiger partial charge in [-0.15, -0.1) is 0 Å². The number of nitrogens with zero attached hydrogens (tertiary/aromatic N) is 2. The molecule has 0 bridgehead atoms. The van der Waals surface area contributed by atoms with Crippen molar-refractivity contribution in [3.8, 4) is 11.5 Å². The highest BCUT2D eigenvalue weighted by Crippen LogP contribution is 2.51. The third-order valence-corrected chi connectivity index (χ3v) is 11.1. The standard InChI is InChI=1S/C41H47BN2O6/c1-2-28(22-30-12-9-13-33(45)23-30)16-17-37-38-31(27-49-34-14-7-4-8-15-34)24-35-39(36(38)25-42(48)50-37)41(47)44(40(35)46)32-18-20-43(21-19-32)26-29-10-5-3-6-11-29/h3-15,22-23,32,35-37,39,45,48H,2,16-21,24-27H2,1H3/b28-22+/t35-,36+,37-,39-/m1/s1. The minimum atomic E-state index is -1.03. The molecule has 0 unspecified atom stereocenters. The molecule has 7 rings (SSSR count). The maximum absolute atomic E-state index is 14.4. The van der Waals surface area contributed by atoms with Crippen LogP contribution in [0.2, 0.25) is 6.32 Å². The minimum Gasteiger partial charge on any atom is -0.508 e. The Morgan fingerprint density at radius 1 is 0.960 bits per heavy atom. The lowest BCUT2D eigenvalue weighted by Gasteiger charge is -2.43. The van der Waals surface area contributed by atoms with Gasteiger partial charge in [-0.1, -0.05) is 79.2 Å². The number of hydrogen-bond donors (Lipinski definition) is 2. The summed E-state index contributed by atoms with van der Waals surface area (Å²) in [7, 11) is -1.03. The summed E-state index contributed by atoms with van der Waals surface area (Å²) in [5.41, 5.74) is 5.43. The van der Waals surface area contributed by atoms with Gasteiger partial charge in [0, 0.05) is 25.7 Å². The molecule has 50 heavy (non-hydrogen) atoms. The second-order valence-electron chi connectivity index (χ2n) is 14.2. The van der Waals surface area contributed by atoms with Crippen molar-refractivity contribution in [2.24, 2.45) is 17.8 Å². The molecule has 2 amide bonds. The number of para-hydroxylation sites is 1. The van der Waals surface area contributed by atoms with Crippen molar-refractivity contribution in [1.29, 1.82) is 0 Å². The van der Waals surface area contributed by atoms with Gasteiger partial charge in [0.2, 0.25) is 11.8 Å². The van der Waals surface area contributed by atoms with Crippen LogP contribution in [0.4, 0.5) is 0 Å². The average Bonchev–Trinajstić information content (AvgIpc) is 3.38. The van der Waals surface area contributed by atoms with Crippen LogP contribution >= 0.6 is 0 Å². The number of imide groups is 1. The fraction of sp³-hybridized carbons (Fsp3) is 0.415. The molecule has 3 fully saturated rings. The molecule has 3 aromatic carbocycles. The first-order chi connectivity index (χ1) is 24.4. The van der Waals surface area contributed by atoms with Crippen LogP contribution in [-0.4, -0.2) is 70.7 Å². The summed E-state index contributed by atoms with van der Waals surface area (Å²) in [6, 6.07) is 27.2. The van der Waals surface area contributed by atoms with E-state index < -0.39 is 25.1 Å². The van der Waals surface area contributed by atoms with E-state index in [0.717, 1.165) is 67.8 Å². The van der Waals surface area contributed by atoms with Gasteiger partial charge < -0.3 is 19.5 Å². The number of amides is 2. The highest BCUT2D eigenvalue weighted by molar-refractivity contribution is 6.43. The largest absolute Gasteiger partial charge is 0.508 e. The number of piperidine rings is 1. The van der Waals surface area contributed by atoms with Crippen LogP contribution in [0.3, 0.4) is 0 Å². The summed E-state index contributed by atoms with van der Waals surface area (Å²) in [5, 5.41) is 21.1. The van der Waals surface area contributed by atoms with E-state index in [1.807, 2.05) is 48.5 Å². The van der Waals surface area contributed by atoms with E-state index in [2.05, 4.69) is 42.2 Å². The minimum absolute atomic E-state index is 0.0716. The average molecular weight is 675 g/mol. The third-order valence-electron chi connectivity index (χ3n) is 11.1. The summed E-state index contributed by atoms with van der Waals surface area (Å²) in [5.74, 6) is -0.450. The zero-order chi connectivity index (χ0) is 34.6. The number of ether oxygens (including phenoxy) is 1. The number of aromatic hydroxyl groups is 1. The summed E-state index contributed by atoms with van der Waals surface area (Å²) < 4.78 is 12.6. The lowest BCUT2D eigenvalue weighted by Crippen LogP contribution is -2.48. The van der Waals surface area contributed by atoms with Crippen LogP contribution in [0.1, 0.15) is 56.6 Å². The Morgan fingerprint density at radius 3 is 2.42 bits per heavy atom. The molecule has 4 atom stereocenters. The highest BCUT2D eigenvalue weighted by atomic mass is 16.5. The Morgan fingerprint density at radius 2 is 1.70 bits per heavy atom. The monoisotopic (exact) mass is 674 g/mol. The number of carbonyl (C=O) groups is 2. The first-order valence-corrected chi connectivity index (χ1v) is 18.2. The molecule has 3 aromatic rings. The summed E-state index contributed by atoms with van der Waals surface area (Å²) >= 11 is 0. The Kier molecular flexibility index (Phi) is 10.5. The number of carbonyl (C=O) groups excluding carboxylic acids is 2. The fourth-order valence-electron chi connectivity index (χ4n) is 8.66. The van der Waals surface area contributed by atoms with Crippen LogP contribution in [-0.2, 0) is 20.8 Å². The molecule has 1 aliphatic carbocycles. The molecule has 0 spiro atoms. The number of rotatable bonds is 11. The Bertz CT molecular complexity index is 1720. The molecule has 260 valence electrons. The fourth-order valence-corrected chi connectivity index (χ4v) is 8.66. The van der Waals surface area contributed by atoms with Crippen molar-refractivity contribution in [1.82, 2.24) is 9.80 Å². The normalized spacial score (nSPS) is 24.8. The maximum atomic E-state index is 14.4. The van der Waals surface area contributed by atoms with Crippen molar-refractivity contribution in [3.63, 3.8) is 0 Å². The zero-order valence-electron chi connectivity index (χ0n) is 28.8. The Hall–Kier alpha value is -4.18. The maximum Gasteiger partial charge on any atom is 0.455 e. The van der Waals surface area contributed by atoms with Gasteiger partial charge in [0.25, 0.3) is 0 Å². The molecule has 0 saturated carbocycles. The van der Waals surface area contributed by atoms with Crippen LogP contribution in [0.5, 0.6) is 11.5 Å².